The number of aryl methyl sites for hydroxylation is 2. The van der Waals surface area contributed by atoms with Gasteiger partial charge in [-0.15, -0.1) is 0 Å². The van der Waals surface area contributed by atoms with E-state index in [2.05, 4.69) is 40.2 Å². The number of anilines is 1. The molecule has 1 heterocycles. The van der Waals surface area contributed by atoms with Crippen molar-refractivity contribution in [2.24, 2.45) is 5.10 Å². The molecule has 0 bridgehead atoms. The van der Waals surface area contributed by atoms with E-state index in [1.54, 1.807) is 54.7 Å². The molecule has 0 unspecified atom stereocenters. The second-order valence-corrected chi connectivity index (χ2v) is 10.9. The molecule has 37 heavy (non-hydrogen) atoms. The van der Waals surface area contributed by atoms with Gasteiger partial charge in [0.25, 0.3) is 5.91 Å². The number of amides is 1. The highest BCUT2D eigenvalue weighted by atomic mass is 32.2. The van der Waals surface area contributed by atoms with E-state index >= 15 is 0 Å². The third-order valence-corrected chi connectivity index (χ3v) is 7.23. The summed E-state index contributed by atoms with van der Waals surface area (Å²) in [7, 11) is -3.47. The van der Waals surface area contributed by atoms with E-state index in [0.29, 0.717) is 11.3 Å². The number of rotatable bonds is 8. The van der Waals surface area contributed by atoms with Crippen LogP contribution >= 0.6 is 0 Å². The molecule has 0 saturated carbocycles. The van der Waals surface area contributed by atoms with E-state index in [9.17, 15) is 13.2 Å². The van der Waals surface area contributed by atoms with Crippen LogP contribution in [-0.4, -0.2) is 31.4 Å². The van der Waals surface area contributed by atoms with Crippen LogP contribution in [0.3, 0.4) is 0 Å². The van der Waals surface area contributed by atoms with Crippen molar-refractivity contribution in [3.8, 4) is 5.69 Å². The minimum Gasteiger partial charge on any atom is -0.318 e. The Kier molecular flexibility index (Phi) is 7.59. The molecule has 1 N–H and O–H groups in total. The van der Waals surface area contributed by atoms with Gasteiger partial charge >= 0.3 is 0 Å². The minimum atomic E-state index is -3.47. The first-order valence-electron chi connectivity index (χ1n) is 11.8. The summed E-state index contributed by atoms with van der Waals surface area (Å²) in [5.41, 5.74) is 9.63. The summed E-state index contributed by atoms with van der Waals surface area (Å²) in [6.07, 6.45) is 2.82. The second-order valence-electron chi connectivity index (χ2n) is 9.00. The van der Waals surface area contributed by atoms with Crippen molar-refractivity contribution in [3.05, 3.63) is 119 Å². The van der Waals surface area contributed by atoms with Gasteiger partial charge in [-0.2, -0.15) is 5.10 Å². The molecule has 190 valence electrons. The lowest BCUT2D eigenvalue weighted by Gasteiger charge is -2.22. The van der Waals surface area contributed by atoms with Crippen LogP contribution in [0.2, 0.25) is 0 Å². The number of para-hydroxylation sites is 1. The van der Waals surface area contributed by atoms with Gasteiger partial charge in [-0.05, 0) is 74.4 Å². The summed E-state index contributed by atoms with van der Waals surface area (Å²) < 4.78 is 28.2. The number of hydrazone groups is 1. The van der Waals surface area contributed by atoms with Gasteiger partial charge in [-0.25, -0.2) is 13.8 Å². The average molecular weight is 515 g/mol. The Balaban J connectivity index is 1.43. The average Bonchev–Trinajstić information content (AvgIpc) is 3.15. The van der Waals surface area contributed by atoms with Crippen molar-refractivity contribution in [2.75, 3.05) is 10.6 Å². The van der Waals surface area contributed by atoms with Crippen LogP contribution in [0.4, 0.5) is 5.69 Å². The maximum absolute atomic E-state index is 12.6. The van der Waals surface area contributed by atoms with Crippen molar-refractivity contribution >= 4 is 27.8 Å². The van der Waals surface area contributed by atoms with Crippen molar-refractivity contribution in [2.45, 2.75) is 27.3 Å². The van der Waals surface area contributed by atoms with Crippen LogP contribution in [0.5, 0.6) is 0 Å². The highest BCUT2D eigenvalue weighted by Gasteiger charge is 2.18. The van der Waals surface area contributed by atoms with Gasteiger partial charge in [0, 0.05) is 28.2 Å². The van der Waals surface area contributed by atoms with E-state index in [0.717, 1.165) is 28.2 Å². The van der Waals surface area contributed by atoms with Crippen LogP contribution in [0.1, 0.15) is 38.4 Å². The summed E-state index contributed by atoms with van der Waals surface area (Å²) in [5, 5.41) is 4.16. The third kappa shape index (κ3) is 6.16. The topological polar surface area (TPSA) is 83.8 Å². The van der Waals surface area contributed by atoms with Crippen LogP contribution in [-0.2, 0) is 16.6 Å². The number of carbonyl (C=O) groups is 1. The zero-order valence-electron chi connectivity index (χ0n) is 21.3. The molecule has 3 aromatic carbocycles. The summed E-state index contributed by atoms with van der Waals surface area (Å²) in [6.45, 7) is 6.29. The van der Waals surface area contributed by atoms with E-state index in [1.807, 2.05) is 32.0 Å². The predicted molar refractivity (Wildman–Crippen MR) is 149 cm³/mol. The minimum absolute atomic E-state index is 0.166. The monoisotopic (exact) mass is 514 g/mol. The van der Waals surface area contributed by atoms with Gasteiger partial charge < -0.3 is 4.57 Å². The molecule has 0 spiro atoms. The van der Waals surface area contributed by atoms with Gasteiger partial charge in [0.2, 0.25) is 10.0 Å². The largest absolute Gasteiger partial charge is 0.318 e. The third-order valence-electron chi connectivity index (χ3n) is 6.09. The zero-order chi connectivity index (χ0) is 26.6. The molecule has 0 saturated heterocycles. The summed E-state index contributed by atoms with van der Waals surface area (Å²) >= 11 is 0. The molecule has 0 radical (unpaired) electrons. The van der Waals surface area contributed by atoms with E-state index in [-0.39, 0.29) is 12.5 Å². The fourth-order valence-corrected chi connectivity index (χ4v) is 5.12. The predicted octanol–water partition coefficient (Wildman–Crippen LogP) is 5.13. The van der Waals surface area contributed by atoms with Crippen LogP contribution in [0, 0.1) is 20.8 Å². The lowest BCUT2D eigenvalue weighted by molar-refractivity contribution is 0.0955. The van der Waals surface area contributed by atoms with Gasteiger partial charge in [-0.1, -0.05) is 42.5 Å². The molecule has 8 heteroatoms. The molecule has 0 aliphatic carbocycles. The Morgan fingerprint density at radius 2 is 1.65 bits per heavy atom. The first kappa shape index (κ1) is 25.9. The van der Waals surface area contributed by atoms with E-state index in [4.69, 9.17) is 0 Å². The Labute approximate surface area is 218 Å². The van der Waals surface area contributed by atoms with Crippen molar-refractivity contribution in [1.82, 2.24) is 9.99 Å². The molecule has 0 fully saturated rings. The number of hydrogen-bond donors (Lipinski definition) is 1. The van der Waals surface area contributed by atoms with Crippen LogP contribution in [0.25, 0.3) is 5.69 Å². The maximum Gasteiger partial charge on any atom is 0.271 e. The lowest BCUT2D eigenvalue weighted by atomic mass is 10.1. The quantitative estimate of drug-likeness (QED) is 0.261. The number of hydrogen-bond acceptors (Lipinski definition) is 4. The molecular formula is C29H30N4O3S. The fraction of sp³-hybridized carbons (Fsp3) is 0.172. The van der Waals surface area contributed by atoms with Crippen molar-refractivity contribution < 1.29 is 13.2 Å². The Morgan fingerprint density at radius 3 is 2.30 bits per heavy atom. The normalized spacial score (nSPS) is 11.6. The maximum atomic E-state index is 12.6. The molecule has 1 aromatic heterocycles. The van der Waals surface area contributed by atoms with Crippen LogP contribution in [0.15, 0.2) is 90.0 Å². The van der Waals surface area contributed by atoms with Gasteiger partial charge in [0.15, 0.2) is 0 Å². The summed E-state index contributed by atoms with van der Waals surface area (Å²) in [5.74, 6) is -0.349. The molecule has 4 aromatic rings. The van der Waals surface area contributed by atoms with Gasteiger partial charge in [0.1, 0.15) is 0 Å². The van der Waals surface area contributed by atoms with Crippen molar-refractivity contribution in [1.29, 1.82) is 0 Å². The SMILES string of the molecule is Cc1cccc(-n2c(C)cc(/C=N/NC(=O)c3ccc(CN(c4ccccc4)S(C)(=O)=O)cc3)c2C)c1. The first-order chi connectivity index (χ1) is 17.6. The number of benzene rings is 3. The molecule has 4 rings (SSSR count). The molecular weight excluding hydrogens is 484 g/mol. The Hall–Kier alpha value is -4.17. The Bertz CT molecular complexity index is 1540. The number of nitrogens with zero attached hydrogens (tertiary/aromatic N) is 3. The highest BCUT2D eigenvalue weighted by Crippen LogP contribution is 2.21. The second kappa shape index (κ2) is 10.8. The van der Waals surface area contributed by atoms with E-state index in [1.165, 1.54) is 16.1 Å². The fourth-order valence-electron chi connectivity index (χ4n) is 4.23. The highest BCUT2D eigenvalue weighted by molar-refractivity contribution is 7.92. The molecule has 1 amide bonds. The van der Waals surface area contributed by atoms with Crippen molar-refractivity contribution in [3.63, 3.8) is 0 Å². The van der Waals surface area contributed by atoms with Gasteiger partial charge in [0.05, 0.1) is 24.7 Å². The zero-order valence-corrected chi connectivity index (χ0v) is 22.2. The molecule has 0 aliphatic heterocycles. The standard InChI is InChI=1S/C29H30N4O3S/c1-21-9-8-12-28(17-21)33-22(2)18-26(23(33)3)19-30-31-29(34)25-15-13-24(14-16-25)20-32(37(4,35)36)27-10-6-5-7-11-27/h5-19H,20H2,1-4H3,(H,31,34)/b30-19+. The smallest absolute Gasteiger partial charge is 0.271 e. The molecule has 0 aliphatic rings. The number of carbonyl (C=O) groups excluding carboxylic acids is 1. The van der Waals surface area contributed by atoms with E-state index < -0.39 is 10.0 Å². The lowest BCUT2D eigenvalue weighted by Crippen LogP contribution is -2.29. The molecule has 0 atom stereocenters. The Morgan fingerprint density at radius 1 is 0.946 bits per heavy atom. The first-order valence-corrected chi connectivity index (χ1v) is 13.7. The summed E-state index contributed by atoms with van der Waals surface area (Å²) in [6, 6.07) is 26.0. The summed E-state index contributed by atoms with van der Waals surface area (Å²) in [4.78, 5) is 12.6. The number of nitrogens with one attached hydrogen (secondary N) is 1. The number of sulfonamides is 1. The molecule has 7 nitrogen and oxygen atoms in total. The van der Waals surface area contributed by atoms with Crippen LogP contribution < -0.4 is 9.73 Å². The van der Waals surface area contributed by atoms with Gasteiger partial charge in [-0.3, -0.25) is 9.10 Å². The number of aromatic nitrogens is 1.